The van der Waals surface area contributed by atoms with E-state index in [1.165, 1.54) is 109 Å². The Balaban J connectivity index is 4.44. The molecule has 0 aliphatic rings. The number of nitrogens with zero attached hydrogens (tertiary/aromatic N) is 1. The summed E-state index contributed by atoms with van der Waals surface area (Å²) in [4.78, 5) is 35.4. The van der Waals surface area contributed by atoms with Crippen LogP contribution in [0.2, 0.25) is 0 Å². The Labute approximate surface area is 368 Å². The number of carbonyl (C=O) groups is 2. The summed E-state index contributed by atoms with van der Waals surface area (Å²) in [7, 11) is 1.43. The lowest BCUT2D eigenvalue weighted by molar-refractivity contribution is -0.870. The molecule has 0 bridgehead atoms. The normalized spacial score (nSPS) is 14.0. The summed E-state index contributed by atoms with van der Waals surface area (Å²) in [5.41, 5.74) is 0. The number of carbonyl (C=O) groups excluding carboxylic acids is 2. The number of phosphoric acid groups is 1. The van der Waals surface area contributed by atoms with Crippen LogP contribution in [0.3, 0.4) is 0 Å². The van der Waals surface area contributed by atoms with Crippen molar-refractivity contribution in [2.24, 2.45) is 0 Å². The van der Waals surface area contributed by atoms with Gasteiger partial charge in [-0.15, -0.1) is 0 Å². The molecule has 10 heteroatoms. The molecule has 0 aromatic rings. The van der Waals surface area contributed by atoms with E-state index in [9.17, 15) is 19.0 Å². The number of unbranched alkanes of at least 4 members (excludes halogenated alkanes) is 19. The molecular formula is C50H91NO8P+. The van der Waals surface area contributed by atoms with E-state index in [0.717, 1.165) is 38.5 Å². The van der Waals surface area contributed by atoms with Gasteiger partial charge in [0, 0.05) is 12.8 Å². The third-order valence-electron chi connectivity index (χ3n) is 10.0. The fourth-order valence-corrected chi connectivity index (χ4v) is 6.98. The summed E-state index contributed by atoms with van der Waals surface area (Å²) >= 11 is 0. The van der Waals surface area contributed by atoms with E-state index in [-0.39, 0.29) is 26.1 Å². The van der Waals surface area contributed by atoms with Crippen LogP contribution in [0, 0.1) is 0 Å². The van der Waals surface area contributed by atoms with Crippen LogP contribution in [0.5, 0.6) is 0 Å². The van der Waals surface area contributed by atoms with Gasteiger partial charge in [0.1, 0.15) is 19.8 Å². The van der Waals surface area contributed by atoms with E-state index in [1.54, 1.807) is 0 Å². The number of rotatable bonds is 43. The van der Waals surface area contributed by atoms with Crippen molar-refractivity contribution < 1.29 is 42.1 Å². The maximum atomic E-state index is 12.7. The molecule has 0 aliphatic carbocycles. The molecule has 2 atom stereocenters. The molecule has 60 heavy (non-hydrogen) atoms. The van der Waals surface area contributed by atoms with Gasteiger partial charge in [-0.2, -0.15) is 0 Å². The van der Waals surface area contributed by atoms with Gasteiger partial charge in [-0.1, -0.05) is 164 Å². The largest absolute Gasteiger partial charge is 0.472 e. The Bertz CT molecular complexity index is 1210. The molecule has 1 N–H and O–H groups in total. The van der Waals surface area contributed by atoms with Gasteiger partial charge in [-0.3, -0.25) is 18.6 Å². The molecule has 0 spiro atoms. The minimum atomic E-state index is -4.40. The minimum absolute atomic E-state index is 0.0167. The van der Waals surface area contributed by atoms with Crippen LogP contribution in [0.25, 0.3) is 0 Å². The zero-order chi connectivity index (χ0) is 44.3. The first-order chi connectivity index (χ1) is 29.0. The third-order valence-corrected chi connectivity index (χ3v) is 11.0. The van der Waals surface area contributed by atoms with Crippen molar-refractivity contribution in [3.8, 4) is 0 Å². The van der Waals surface area contributed by atoms with Crippen LogP contribution in [-0.2, 0) is 32.7 Å². The van der Waals surface area contributed by atoms with Gasteiger partial charge in [-0.25, -0.2) is 4.57 Å². The predicted octanol–water partition coefficient (Wildman–Crippen LogP) is 14.0. The fraction of sp³-hybridized carbons (Fsp3) is 0.760. The molecular weight excluding hydrogens is 774 g/mol. The lowest BCUT2D eigenvalue weighted by Crippen LogP contribution is -2.37. The van der Waals surface area contributed by atoms with Crippen LogP contribution in [0.1, 0.15) is 194 Å². The number of phosphoric ester groups is 1. The SMILES string of the molecule is CCCCCCCCC/C=C/C/C=C/C/C=C/C/C=C/CCCC(=O)O[C@H](COC(=O)CCCC/C=C/CCCCCCCCCCC)COP(=O)(O)OCC[N+](C)(C)C. The first-order valence-electron chi connectivity index (χ1n) is 24.0. The summed E-state index contributed by atoms with van der Waals surface area (Å²) < 4.78 is 34.3. The summed E-state index contributed by atoms with van der Waals surface area (Å²) in [6.07, 6.45) is 51.4. The highest BCUT2D eigenvalue weighted by molar-refractivity contribution is 7.47. The topological polar surface area (TPSA) is 108 Å². The lowest BCUT2D eigenvalue weighted by Gasteiger charge is -2.24. The van der Waals surface area contributed by atoms with Crippen molar-refractivity contribution in [2.75, 3.05) is 47.5 Å². The number of likely N-dealkylation sites (N-methyl/N-ethyl adjacent to an activating group) is 1. The first-order valence-corrected chi connectivity index (χ1v) is 25.5. The van der Waals surface area contributed by atoms with Crippen LogP contribution in [0.15, 0.2) is 60.8 Å². The Morgan fingerprint density at radius 3 is 1.40 bits per heavy atom. The highest BCUT2D eigenvalue weighted by Gasteiger charge is 2.27. The quantitative estimate of drug-likeness (QED) is 0.0212. The van der Waals surface area contributed by atoms with Gasteiger partial charge < -0.3 is 18.9 Å². The smallest absolute Gasteiger partial charge is 0.462 e. The number of ether oxygens (including phenoxy) is 2. The average Bonchev–Trinajstić information content (AvgIpc) is 3.20. The second kappa shape index (κ2) is 42.0. The standard InChI is InChI=1S/C50H90NO8P/c1-6-8-10-12-14-16-18-20-22-23-24-25-26-27-29-31-33-35-37-39-41-43-50(53)59-48(47-58-60(54,55)57-45-44-51(3,4)5)46-56-49(52)42-40-38-36-34-32-30-28-21-19-17-15-13-11-9-7-2/h22-23,25-26,29,31-32,34-35,37,48H,6-21,24,27-28,30,33,36,38-47H2,1-5H3/p+1/b23-22+,26-25+,31-29+,34-32+,37-35+/t48-/m1/s1. The molecule has 0 heterocycles. The highest BCUT2D eigenvalue weighted by Crippen LogP contribution is 2.43. The van der Waals surface area contributed by atoms with Gasteiger partial charge >= 0.3 is 19.8 Å². The summed E-state index contributed by atoms with van der Waals surface area (Å²) in [5.74, 6) is -0.891. The zero-order valence-corrected chi connectivity index (χ0v) is 40.1. The Hall–Kier alpha value is -2.29. The highest BCUT2D eigenvalue weighted by atomic mass is 31.2. The molecule has 0 saturated heterocycles. The van der Waals surface area contributed by atoms with Crippen molar-refractivity contribution in [2.45, 2.75) is 200 Å². The van der Waals surface area contributed by atoms with Gasteiger partial charge in [0.2, 0.25) is 0 Å². The predicted molar refractivity (Wildman–Crippen MR) is 252 cm³/mol. The Morgan fingerprint density at radius 1 is 0.517 bits per heavy atom. The molecule has 0 aromatic heterocycles. The second-order valence-corrected chi connectivity index (χ2v) is 18.6. The Morgan fingerprint density at radius 2 is 0.917 bits per heavy atom. The third kappa shape index (κ3) is 45.2. The van der Waals surface area contributed by atoms with E-state index < -0.39 is 32.5 Å². The van der Waals surface area contributed by atoms with Gasteiger partial charge in [-0.05, 0) is 77.0 Å². The molecule has 1 unspecified atom stereocenters. The molecule has 0 amide bonds. The van der Waals surface area contributed by atoms with Crippen LogP contribution in [-0.4, -0.2) is 74.9 Å². The van der Waals surface area contributed by atoms with Crippen LogP contribution < -0.4 is 0 Å². The first kappa shape index (κ1) is 57.7. The molecule has 348 valence electrons. The van der Waals surface area contributed by atoms with Gasteiger partial charge in [0.05, 0.1) is 27.7 Å². The average molecular weight is 865 g/mol. The second-order valence-electron chi connectivity index (χ2n) is 17.1. The fourth-order valence-electron chi connectivity index (χ4n) is 6.24. The van der Waals surface area contributed by atoms with Gasteiger partial charge in [0.15, 0.2) is 6.10 Å². The van der Waals surface area contributed by atoms with Gasteiger partial charge in [0.25, 0.3) is 0 Å². The molecule has 0 rings (SSSR count). The summed E-state index contributed by atoms with van der Waals surface area (Å²) in [6, 6.07) is 0. The lowest BCUT2D eigenvalue weighted by atomic mass is 10.1. The number of esters is 2. The minimum Gasteiger partial charge on any atom is -0.462 e. The molecule has 0 aliphatic heterocycles. The van der Waals surface area contributed by atoms with Crippen molar-refractivity contribution in [1.29, 1.82) is 0 Å². The summed E-state index contributed by atoms with van der Waals surface area (Å²) in [6.45, 7) is 4.33. The maximum absolute atomic E-state index is 12.7. The van der Waals surface area contributed by atoms with Crippen molar-refractivity contribution in [3.05, 3.63) is 60.8 Å². The van der Waals surface area contributed by atoms with Crippen molar-refractivity contribution in [3.63, 3.8) is 0 Å². The Kier molecular flexibility index (Phi) is 40.4. The van der Waals surface area contributed by atoms with Crippen LogP contribution >= 0.6 is 7.82 Å². The number of hydrogen-bond donors (Lipinski definition) is 1. The number of allylic oxidation sites excluding steroid dienone is 10. The molecule has 0 radical (unpaired) electrons. The molecule has 0 fully saturated rings. The summed E-state index contributed by atoms with van der Waals surface area (Å²) in [5, 5.41) is 0. The zero-order valence-electron chi connectivity index (χ0n) is 39.2. The van der Waals surface area contributed by atoms with Crippen molar-refractivity contribution >= 4 is 19.8 Å². The molecule has 0 aromatic carbocycles. The van der Waals surface area contributed by atoms with E-state index in [1.807, 2.05) is 21.1 Å². The van der Waals surface area contributed by atoms with E-state index in [0.29, 0.717) is 30.3 Å². The maximum Gasteiger partial charge on any atom is 0.472 e. The molecule has 0 saturated carbocycles. The monoisotopic (exact) mass is 865 g/mol. The van der Waals surface area contributed by atoms with Crippen molar-refractivity contribution in [1.82, 2.24) is 0 Å². The number of hydrogen-bond acceptors (Lipinski definition) is 7. The number of quaternary nitrogens is 1. The van der Waals surface area contributed by atoms with Crippen LogP contribution in [0.4, 0.5) is 0 Å². The molecule has 9 nitrogen and oxygen atoms in total. The van der Waals surface area contributed by atoms with E-state index in [2.05, 4.69) is 74.6 Å². The van der Waals surface area contributed by atoms with E-state index in [4.69, 9.17) is 18.5 Å². The van der Waals surface area contributed by atoms with E-state index >= 15 is 0 Å².